The third-order valence-corrected chi connectivity index (χ3v) is 4.65. The van der Waals surface area contributed by atoms with Gasteiger partial charge in [-0.2, -0.15) is 0 Å². The van der Waals surface area contributed by atoms with Crippen molar-refractivity contribution in [2.24, 2.45) is 0 Å². The van der Waals surface area contributed by atoms with Crippen LogP contribution in [0.4, 0.5) is 0 Å². The van der Waals surface area contributed by atoms with Gasteiger partial charge in [0.2, 0.25) is 0 Å². The summed E-state index contributed by atoms with van der Waals surface area (Å²) in [4.78, 5) is 0.931. The molecule has 0 radical (unpaired) electrons. The van der Waals surface area contributed by atoms with E-state index in [1.54, 1.807) is 0 Å². The molecule has 1 nitrogen and oxygen atoms in total. The zero-order chi connectivity index (χ0) is 18.4. The van der Waals surface area contributed by atoms with Crippen LogP contribution in [-0.4, -0.2) is 11.5 Å². The number of allylic oxidation sites excluding steroid dienone is 2. The zero-order valence-electron chi connectivity index (χ0n) is 16.0. The molecule has 0 saturated heterocycles. The molecule has 0 atom stereocenters. The molecular formula is C23H28OS. The van der Waals surface area contributed by atoms with Gasteiger partial charge in [0, 0.05) is 11.3 Å². The molecule has 0 unspecified atom stereocenters. The molecule has 132 valence electrons. The molecule has 2 heteroatoms. The molecule has 2 aromatic carbocycles. The van der Waals surface area contributed by atoms with Gasteiger partial charge in [0.25, 0.3) is 0 Å². The van der Waals surface area contributed by atoms with E-state index in [1.165, 1.54) is 27.8 Å². The average Bonchev–Trinajstić information content (AvgIpc) is 2.55. The molecule has 2 rings (SSSR count). The number of ether oxygens (including phenoxy) is 1. The number of aryl methyl sites for hydroxylation is 4. The Kier molecular flexibility index (Phi) is 6.95. The van der Waals surface area contributed by atoms with Gasteiger partial charge in [-0.05, 0) is 63.8 Å². The number of hydrogen-bond acceptors (Lipinski definition) is 2. The van der Waals surface area contributed by atoms with Gasteiger partial charge in [0.05, 0.1) is 0 Å². The van der Waals surface area contributed by atoms with Crippen molar-refractivity contribution >= 4 is 17.1 Å². The summed E-state index contributed by atoms with van der Waals surface area (Å²) >= 11 is 5.48. The maximum Gasteiger partial charge on any atom is 0.122 e. The highest BCUT2D eigenvalue weighted by atomic mass is 32.1. The van der Waals surface area contributed by atoms with E-state index in [2.05, 4.69) is 71.0 Å². The van der Waals surface area contributed by atoms with Gasteiger partial charge < -0.3 is 4.74 Å². The Morgan fingerprint density at radius 1 is 0.960 bits per heavy atom. The van der Waals surface area contributed by atoms with Crippen molar-refractivity contribution in [1.29, 1.82) is 0 Å². The summed E-state index contributed by atoms with van der Waals surface area (Å²) in [6, 6.07) is 12.9. The fraction of sp³-hybridized carbons (Fsp3) is 0.348. The number of thiocarbonyl (C=S) groups is 1. The van der Waals surface area contributed by atoms with E-state index in [4.69, 9.17) is 17.0 Å². The molecule has 0 saturated carbocycles. The molecule has 0 aliphatic heterocycles. The molecule has 0 spiro atoms. The van der Waals surface area contributed by atoms with Crippen LogP contribution in [-0.2, 0) is 6.42 Å². The van der Waals surface area contributed by atoms with Crippen LogP contribution in [0, 0.1) is 27.7 Å². The molecule has 0 fully saturated rings. The monoisotopic (exact) mass is 352 g/mol. The minimum Gasteiger partial charge on any atom is -0.488 e. The second-order valence-electron chi connectivity index (χ2n) is 6.96. The first-order valence-electron chi connectivity index (χ1n) is 8.78. The molecule has 0 aliphatic rings. The van der Waals surface area contributed by atoms with Crippen LogP contribution in [0.5, 0.6) is 5.75 Å². The average molecular weight is 353 g/mol. The van der Waals surface area contributed by atoms with Gasteiger partial charge in [0.15, 0.2) is 0 Å². The quantitative estimate of drug-likeness (QED) is 0.430. The SMILES string of the molecule is C/C(=C\CC(=S)COc1ccc(C)cc1C)Cc1ccc(C)cc1C. The third kappa shape index (κ3) is 6.13. The van der Waals surface area contributed by atoms with Crippen molar-refractivity contribution in [2.75, 3.05) is 6.61 Å². The smallest absolute Gasteiger partial charge is 0.122 e. The highest BCUT2D eigenvalue weighted by Crippen LogP contribution is 2.19. The molecule has 0 heterocycles. The van der Waals surface area contributed by atoms with Crippen LogP contribution in [0.2, 0.25) is 0 Å². The molecule has 0 bridgehead atoms. The van der Waals surface area contributed by atoms with Crippen LogP contribution in [0.25, 0.3) is 0 Å². The van der Waals surface area contributed by atoms with Gasteiger partial charge in [-0.15, -0.1) is 0 Å². The lowest BCUT2D eigenvalue weighted by Crippen LogP contribution is -2.09. The van der Waals surface area contributed by atoms with Crippen molar-refractivity contribution in [3.8, 4) is 5.75 Å². The first-order chi connectivity index (χ1) is 11.8. The highest BCUT2D eigenvalue weighted by molar-refractivity contribution is 7.80. The van der Waals surface area contributed by atoms with E-state index < -0.39 is 0 Å². The summed E-state index contributed by atoms with van der Waals surface area (Å²) in [7, 11) is 0. The van der Waals surface area contributed by atoms with Gasteiger partial charge in [0.1, 0.15) is 12.4 Å². The van der Waals surface area contributed by atoms with Crippen molar-refractivity contribution in [3.63, 3.8) is 0 Å². The van der Waals surface area contributed by atoms with Gasteiger partial charge in [-0.3, -0.25) is 0 Å². The van der Waals surface area contributed by atoms with Crippen LogP contribution >= 0.6 is 12.2 Å². The van der Waals surface area contributed by atoms with Gasteiger partial charge in [-0.1, -0.05) is 65.3 Å². The Morgan fingerprint density at radius 2 is 1.60 bits per heavy atom. The van der Waals surface area contributed by atoms with E-state index in [0.717, 1.165) is 29.0 Å². The van der Waals surface area contributed by atoms with Crippen LogP contribution in [0.3, 0.4) is 0 Å². The van der Waals surface area contributed by atoms with Crippen molar-refractivity contribution in [3.05, 3.63) is 75.9 Å². The second-order valence-corrected chi connectivity index (χ2v) is 7.53. The van der Waals surface area contributed by atoms with E-state index in [0.29, 0.717) is 6.61 Å². The fourth-order valence-corrected chi connectivity index (χ4v) is 3.03. The first-order valence-corrected chi connectivity index (χ1v) is 9.19. The van der Waals surface area contributed by atoms with E-state index >= 15 is 0 Å². The number of hydrogen-bond donors (Lipinski definition) is 0. The summed E-state index contributed by atoms with van der Waals surface area (Å²) in [5.41, 5.74) is 7.81. The minimum absolute atomic E-state index is 0.493. The van der Waals surface area contributed by atoms with Crippen molar-refractivity contribution < 1.29 is 4.74 Å². The summed E-state index contributed by atoms with van der Waals surface area (Å²) in [6.45, 7) is 11.1. The molecule has 0 aromatic heterocycles. The van der Waals surface area contributed by atoms with Gasteiger partial charge >= 0.3 is 0 Å². The molecule has 25 heavy (non-hydrogen) atoms. The molecular weight excluding hydrogens is 324 g/mol. The Balaban J connectivity index is 1.86. The fourth-order valence-electron chi connectivity index (χ4n) is 2.88. The summed E-state index contributed by atoms with van der Waals surface area (Å²) in [6.07, 6.45) is 4.00. The maximum atomic E-state index is 5.87. The van der Waals surface area contributed by atoms with Crippen LogP contribution < -0.4 is 4.74 Å². The maximum absolute atomic E-state index is 5.87. The number of benzene rings is 2. The van der Waals surface area contributed by atoms with E-state index in [1.807, 2.05) is 6.07 Å². The third-order valence-electron chi connectivity index (χ3n) is 4.36. The van der Waals surface area contributed by atoms with E-state index in [9.17, 15) is 0 Å². The molecule has 0 amide bonds. The predicted octanol–water partition coefficient (Wildman–Crippen LogP) is 6.25. The first kappa shape index (κ1) is 19.4. The summed E-state index contributed by atoms with van der Waals surface area (Å²) < 4.78 is 5.87. The summed E-state index contributed by atoms with van der Waals surface area (Å²) in [5.74, 6) is 0.920. The van der Waals surface area contributed by atoms with E-state index in [-0.39, 0.29) is 0 Å². The zero-order valence-corrected chi connectivity index (χ0v) is 16.8. The van der Waals surface area contributed by atoms with Crippen molar-refractivity contribution in [2.45, 2.75) is 47.5 Å². The second kappa shape index (κ2) is 8.96. The van der Waals surface area contributed by atoms with Crippen LogP contribution in [0.1, 0.15) is 41.2 Å². The standard InChI is InChI=1S/C23H28OS/c1-16-6-9-21(19(4)12-16)14-18(3)7-10-22(25)15-24-23-11-8-17(2)13-20(23)5/h6-9,11-13H,10,14-15H2,1-5H3/b18-7+. The lowest BCUT2D eigenvalue weighted by molar-refractivity contribution is 0.374. The Morgan fingerprint density at radius 3 is 2.24 bits per heavy atom. The normalized spacial score (nSPS) is 11.5. The Labute approximate surface area is 157 Å². The number of rotatable bonds is 7. The largest absolute Gasteiger partial charge is 0.488 e. The lowest BCUT2D eigenvalue weighted by atomic mass is 9.99. The Bertz CT molecular complexity index is 787. The summed E-state index contributed by atoms with van der Waals surface area (Å²) in [5, 5.41) is 0. The topological polar surface area (TPSA) is 9.23 Å². The van der Waals surface area contributed by atoms with Gasteiger partial charge in [-0.25, -0.2) is 0 Å². The predicted molar refractivity (Wildman–Crippen MR) is 112 cm³/mol. The lowest BCUT2D eigenvalue weighted by Gasteiger charge is -2.10. The molecule has 0 aliphatic carbocycles. The molecule has 0 N–H and O–H groups in total. The van der Waals surface area contributed by atoms with Crippen molar-refractivity contribution in [1.82, 2.24) is 0 Å². The Hall–Kier alpha value is -1.93. The minimum atomic E-state index is 0.493. The molecule has 2 aromatic rings. The van der Waals surface area contributed by atoms with Crippen LogP contribution in [0.15, 0.2) is 48.0 Å². The highest BCUT2D eigenvalue weighted by Gasteiger charge is 2.03.